The van der Waals surface area contributed by atoms with E-state index < -0.39 is 23.7 Å². The molecular weight excluding hydrogens is 345 g/mol. The first-order valence-corrected chi connectivity index (χ1v) is 8.01. The van der Waals surface area contributed by atoms with Crippen LogP contribution in [-0.4, -0.2) is 33.6 Å². The predicted molar refractivity (Wildman–Crippen MR) is 82.8 cm³/mol. The lowest BCUT2D eigenvalue weighted by atomic mass is 9.80. The molecule has 1 amide bonds. The van der Waals surface area contributed by atoms with E-state index in [0.717, 1.165) is 0 Å². The molecule has 1 saturated carbocycles. The Morgan fingerprint density at radius 1 is 1.42 bits per heavy atom. The summed E-state index contributed by atoms with van der Waals surface area (Å²) in [6.07, 6.45) is -3.26. The smallest absolute Gasteiger partial charge is 0.362 e. The van der Waals surface area contributed by atoms with Gasteiger partial charge < -0.3 is 5.11 Å². The Morgan fingerprint density at radius 2 is 2.12 bits per heavy atom. The third-order valence-corrected chi connectivity index (χ3v) is 5.05. The van der Waals surface area contributed by atoms with Crippen LogP contribution in [0.15, 0.2) is 23.3 Å². The number of benzene rings is 1. The number of hydrogen-bond acceptors (Lipinski definition) is 3. The van der Waals surface area contributed by atoms with Crippen molar-refractivity contribution in [3.05, 3.63) is 34.3 Å². The van der Waals surface area contributed by atoms with Crippen LogP contribution in [0.1, 0.15) is 41.6 Å². The Labute approximate surface area is 141 Å². The molecule has 1 aromatic carbocycles. The number of rotatable bonds is 1. The maximum Gasteiger partial charge on any atom is 0.439 e. The zero-order valence-electron chi connectivity index (χ0n) is 12.9. The Kier molecular flexibility index (Phi) is 4.12. The fourth-order valence-corrected chi connectivity index (χ4v) is 3.45. The summed E-state index contributed by atoms with van der Waals surface area (Å²) < 4.78 is 40.9. The molecule has 1 N–H and O–H groups in total. The van der Waals surface area contributed by atoms with E-state index in [9.17, 15) is 23.1 Å². The molecule has 0 aromatic heterocycles. The van der Waals surface area contributed by atoms with Crippen LogP contribution in [0.25, 0.3) is 0 Å². The number of alkyl halides is 3. The summed E-state index contributed by atoms with van der Waals surface area (Å²) >= 11 is 5.96. The van der Waals surface area contributed by atoms with Crippen molar-refractivity contribution in [2.45, 2.75) is 44.5 Å². The summed E-state index contributed by atoms with van der Waals surface area (Å²) in [4.78, 5) is 12.6. The number of amides is 1. The van der Waals surface area contributed by atoms with Crippen molar-refractivity contribution in [2.24, 2.45) is 11.0 Å². The molecule has 0 unspecified atom stereocenters. The number of carbonyl (C=O) groups is 1. The summed E-state index contributed by atoms with van der Waals surface area (Å²) in [6, 6.07) is 4.21. The first-order valence-electron chi connectivity index (χ1n) is 7.63. The first-order chi connectivity index (χ1) is 11.2. The van der Waals surface area contributed by atoms with Crippen LogP contribution in [0.3, 0.4) is 0 Å². The number of hydrazone groups is 1. The quantitative estimate of drug-likeness (QED) is 0.825. The van der Waals surface area contributed by atoms with E-state index in [1.54, 1.807) is 13.0 Å². The van der Waals surface area contributed by atoms with Gasteiger partial charge in [-0.3, -0.25) is 4.79 Å². The Bertz CT molecular complexity index is 720. The summed E-state index contributed by atoms with van der Waals surface area (Å²) in [6.45, 7) is 1.72. The van der Waals surface area contributed by atoms with Crippen molar-refractivity contribution < 1.29 is 23.1 Å². The molecule has 1 aromatic rings. The van der Waals surface area contributed by atoms with Gasteiger partial charge in [-0.2, -0.15) is 23.3 Å². The summed E-state index contributed by atoms with van der Waals surface area (Å²) in [7, 11) is 0. The predicted octanol–water partition coefficient (Wildman–Crippen LogP) is 3.90. The van der Waals surface area contributed by atoms with Gasteiger partial charge in [-0.1, -0.05) is 24.1 Å². The zero-order chi connectivity index (χ0) is 17.7. The molecule has 1 heterocycles. The molecule has 0 radical (unpaired) electrons. The minimum absolute atomic E-state index is 0.0451. The summed E-state index contributed by atoms with van der Waals surface area (Å²) in [5.41, 5.74) is -2.43. The number of carbonyl (C=O) groups excluding carboxylic acids is 1. The van der Waals surface area contributed by atoms with E-state index in [1.807, 2.05) is 0 Å². The van der Waals surface area contributed by atoms with E-state index in [0.29, 0.717) is 24.8 Å². The average Bonchev–Trinajstić information content (AvgIpc) is 2.84. The Hall–Kier alpha value is -1.60. The fourth-order valence-electron chi connectivity index (χ4n) is 3.27. The second kappa shape index (κ2) is 5.74. The highest BCUT2D eigenvalue weighted by Gasteiger charge is 2.68. The van der Waals surface area contributed by atoms with Crippen LogP contribution < -0.4 is 0 Å². The number of aryl methyl sites for hydroxylation is 1. The average molecular weight is 361 g/mol. The maximum absolute atomic E-state index is 13.6. The highest BCUT2D eigenvalue weighted by atomic mass is 35.5. The van der Waals surface area contributed by atoms with E-state index in [2.05, 4.69) is 5.10 Å². The third kappa shape index (κ3) is 2.50. The SMILES string of the molecule is Cc1ccc(C(=O)N2N=C3CCCC[C@@H]3[C@@]2(O)C(F)(F)F)cc1Cl. The molecule has 4 nitrogen and oxygen atoms in total. The van der Waals surface area contributed by atoms with Crippen molar-refractivity contribution >= 4 is 23.2 Å². The molecule has 1 aliphatic heterocycles. The molecule has 2 atom stereocenters. The Morgan fingerprint density at radius 3 is 2.75 bits per heavy atom. The topological polar surface area (TPSA) is 52.9 Å². The lowest BCUT2D eigenvalue weighted by molar-refractivity contribution is -0.312. The van der Waals surface area contributed by atoms with Crippen molar-refractivity contribution in [1.82, 2.24) is 5.01 Å². The standard InChI is InChI=1S/C16H16ClF3N2O2/c1-9-6-7-10(8-12(9)17)14(23)22-15(24,16(18,19)20)11-4-2-3-5-13(11)21-22/h6-8,11,24H,2-5H2,1H3/t11-,15+/m0/s1. The fraction of sp³-hybridized carbons (Fsp3) is 0.500. The molecule has 0 bridgehead atoms. The van der Waals surface area contributed by atoms with E-state index >= 15 is 0 Å². The number of aliphatic hydroxyl groups is 1. The molecule has 2 aliphatic rings. The molecule has 0 spiro atoms. The van der Waals surface area contributed by atoms with Gasteiger partial charge in [0.15, 0.2) is 0 Å². The first kappa shape index (κ1) is 17.2. The molecule has 0 saturated heterocycles. The molecule has 3 rings (SSSR count). The van der Waals surface area contributed by atoms with Gasteiger partial charge in [-0.15, -0.1) is 0 Å². The van der Waals surface area contributed by atoms with E-state index in [1.165, 1.54) is 12.1 Å². The van der Waals surface area contributed by atoms with Crippen LogP contribution in [0.2, 0.25) is 5.02 Å². The lowest BCUT2D eigenvalue weighted by Crippen LogP contribution is -2.61. The van der Waals surface area contributed by atoms with Gasteiger partial charge in [0.25, 0.3) is 11.6 Å². The number of fused-ring (bicyclic) bond motifs is 1. The van der Waals surface area contributed by atoms with Gasteiger partial charge in [0.1, 0.15) is 0 Å². The van der Waals surface area contributed by atoms with Crippen molar-refractivity contribution in [3.63, 3.8) is 0 Å². The minimum atomic E-state index is -5.01. The number of halogens is 4. The van der Waals surface area contributed by atoms with Crippen LogP contribution in [0, 0.1) is 12.8 Å². The summed E-state index contributed by atoms with van der Waals surface area (Å²) in [5, 5.41) is 14.8. The van der Waals surface area contributed by atoms with Gasteiger partial charge in [0.2, 0.25) is 0 Å². The van der Waals surface area contributed by atoms with Gasteiger partial charge in [0, 0.05) is 16.3 Å². The van der Waals surface area contributed by atoms with E-state index in [-0.39, 0.29) is 27.7 Å². The van der Waals surface area contributed by atoms with Gasteiger partial charge in [0.05, 0.1) is 5.92 Å². The zero-order valence-corrected chi connectivity index (χ0v) is 13.7. The van der Waals surface area contributed by atoms with Crippen molar-refractivity contribution in [3.8, 4) is 0 Å². The minimum Gasteiger partial charge on any atom is -0.362 e. The van der Waals surface area contributed by atoms with Crippen LogP contribution in [-0.2, 0) is 0 Å². The highest BCUT2D eigenvalue weighted by molar-refractivity contribution is 6.31. The van der Waals surface area contributed by atoms with Gasteiger partial charge in [-0.05, 0) is 43.9 Å². The van der Waals surface area contributed by atoms with Crippen LogP contribution >= 0.6 is 11.6 Å². The maximum atomic E-state index is 13.6. The summed E-state index contributed by atoms with van der Waals surface area (Å²) in [5.74, 6) is -2.23. The molecular formula is C16H16ClF3N2O2. The Balaban J connectivity index is 2.05. The lowest BCUT2D eigenvalue weighted by Gasteiger charge is -2.38. The molecule has 24 heavy (non-hydrogen) atoms. The molecule has 1 fully saturated rings. The molecule has 8 heteroatoms. The van der Waals surface area contributed by atoms with E-state index in [4.69, 9.17) is 11.6 Å². The van der Waals surface area contributed by atoms with Crippen LogP contribution in [0.5, 0.6) is 0 Å². The molecule has 130 valence electrons. The largest absolute Gasteiger partial charge is 0.439 e. The van der Waals surface area contributed by atoms with Gasteiger partial charge >= 0.3 is 6.18 Å². The monoisotopic (exact) mass is 360 g/mol. The normalized spacial score (nSPS) is 27.0. The second-order valence-corrected chi connectivity index (χ2v) is 6.60. The van der Waals surface area contributed by atoms with Gasteiger partial charge in [-0.25, -0.2) is 0 Å². The second-order valence-electron chi connectivity index (χ2n) is 6.19. The highest BCUT2D eigenvalue weighted by Crippen LogP contribution is 2.48. The van der Waals surface area contributed by atoms with Crippen molar-refractivity contribution in [1.29, 1.82) is 0 Å². The number of nitrogens with zero attached hydrogens (tertiary/aromatic N) is 2. The van der Waals surface area contributed by atoms with Crippen molar-refractivity contribution in [2.75, 3.05) is 0 Å². The van der Waals surface area contributed by atoms with Crippen LogP contribution in [0.4, 0.5) is 13.2 Å². The molecule has 1 aliphatic carbocycles. The number of hydrogen-bond donors (Lipinski definition) is 1. The third-order valence-electron chi connectivity index (χ3n) is 4.64.